The molecule has 22 heavy (non-hydrogen) atoms. The normalized spacial score (nSPS) is 10.6. The van der Waals surface area contributed by atoms with E-state index in [9.17, 15) is 9.90 Å². The van der Waals surface area contributed by atoms with Crippen molar-refractivity contribution in [2.45, 2.75) is 13.3 Å². The van der Waals surface area contributed by atoms with Crippen LogP contribution in [0.15, 0.2) is 66.9 Å². The van der Waals surface area contributed by atoms with Crippen LogP contribution in [0.5, 0.6) is 0 Å². The zero-order chi connectivity index (χ0) is 15.5. The van der Waals surface area contributed by atoms with E-state index in [4.69, 9.17) is 0 Å². The van der Waals surface area contributed by atoms with Gasteiger partial charge in [0.05, 0.1) is 11.3 Å². The number of aryl methyl sites for hydroxylation is 1. The summed E-state index contributed by atoms with van der Waals surface area (Å²) in [6, 6.07) is 19.5. The number of benzene rings is 2. The van der Waals surface area contributed by atoms with Gasteiger partial charge in [-0.1, -0.05) is 49.4 Å². The van der Waals surface area contributed by atoms with Crippen molar-refractivity contribution in [1.82, 2.24) is 4.57 Å². The predicted molar refractivity (Wildman–Crippen MR) is 87.5 cm³/mol. The van der Waals surface area contributed by atoms with E-state index in [-0.39, 0.29) is 0 Å². The van der Waals surface area contributed by atoms with Crippen LogP contribution in [-0.2, 0) is 6.42 Å². The van der Waals surface area contributed by atoms with Gasteiger partial charge in [-0.3, -0.25) is 0 Å². The molecule has 0 fully saturated rings. The summed E-state index contributed by atoms with van der Waals surface area (Å²) in [5.74, 6) is -0.914. The van der Waals surface area contributed by atoms with Crippen molar-refractivity contribution in [3.63, 3.8) is 0 Å². The van der Waals surface area contributed by atoms with Gasteiger partial charge in [0.2, 0.25) is 0 Å². The SMILES string of the molecule is CCc1ccc(-n2ccc(C(=O)O)c2-c2ccccc2)cc1. The van der Waals surface area contributed by atoms with Crippen LogP contribution in [0, 0.1) is 0 Å². The van der Waals surface area contributed by atoms with Crippen LogP contribution in [-0.4, -0.2) is 15.6 Å². The van der Waals surface area contributed by atoms with Crippen molar-refractivity contribution >= 4 is 5.97 Å². The van der Waals surface area contributed by atoms with E-state index >= 15 is 0 Å². The molecule has 1 N–H and O–H groups in total. The fourth-order valence-electron chi connectivity index (χ4n) is 2.60. The molecule has 0 aliphatic rings. The summed E-state index contributed by atoms with van der Waals surface area (Å²) in [6.45, 7) is 2.11. The number of carbonyl (C=O) groups is 1. The molecule has 0 saturated heterocycles. The van der Waals surface area contributed by atoms with Crippen LogP contribution >= 0.6 is 0 Å². The third kappa shape index (κ3) is 2.53. The molecule has 3 heteroatoms. The molecule has 0 atom stereocenters. The monoisotopic (exact) mass is 291 g/mol. The largest absolute Gasteiger partial charge is 0.478 e. The van der Waals surface area contributed by atoms with Gasteiger partial charge in [0.1, 0.15) is 0 Å². The lowest BCUT2D eigenvalue weighted by atomic mass is 10.1. The van der Waals surface area contributed by atoms with Crippen molar-refractivity contribution in [2.24, 2.45) is 0 Å². The van der Waals surface area contributed by atoms with Gasteiger partial charge in [0.25, 0.3) is 0 Å². The minimum absolute atomic E-state index is 0.311. The number of nitrogens with zero attached hydrogens (tertiary/aromatic N) is 1. The molecule has 3 aromatic rings. The lowest BCUT2D eigenvalue weighted by molar-refractivity contribution is 0.0698. The topological polar surface area (TPSA) is 42.2 Å². The molecule has 2 aromatic carbocycles. The van der Waals surface area contributed by atoms with Crippen LogP contribution in [0.3, 0.4) is 0 Å². The molecule has 0 bridgehead atoms. The highest BCUT2D eigenvalue weighted by Crippen LogP contribution is 2.28. The Morgan fingerprint density at radius 3 is 2.27 bits per heavy atom. The van der Waals surface area contributed by atoms with Crippen LogP contribution in [0.1, 0.15) is 22.8 Å². The number of carboxylic acids is 1. The first-order chi connectivity index (χ1) is 10.7. The number of carboxylic acid groups (broad SMARTS) is 1. The van der Waals surface area contributed by atoms with Crippen LogP contribution < -0.4 is 0 Å². The van der Waals surface area contributed by atoms with Crippen LogP contribution in [0.4, 0.5) is 0 Å². The van der Waals surface area contributed by atoms with Crippen molar-refractivity contribution in [2.75, 3.05) is 0 Å². The molecule has 0 unspecified atom stereocenters. The quantitative estimate of drug-likeness (QED) is 0.774. The summed E-state index contributed by atoms with van der Waals surface area (Å²) in [7, 11) is 0. The zero-order valence-corrected chi connectivity index (χ0v) is 12.4. The smallest absolute Gasteiger partial charge is 0.337 e. The summed E-state index contributed by atoms with van der Waals surface area (Å²) in [6.07, 6.45) is 2.80. The number of aromatic carboxylic acids is 1. The maximum atomic E-state index is 11.5. The Bertz CT molecular complexity index is 786. The van der Waals surface area contributed by atoms with Gasteiger partial charge in [-0.2, -0.15) is 0 Å². The van der Waals surface area contributed by atoms with E-state index in [1.165, 1.54) is 5.56 Å². The van der Waals surface area contributed by atoms with Crippen molar-refractivity contribution in [3.05, 3.63) is 78.0 Å². The highest BCUT2D eigenvalue weighted by Gasteiger charge is 2.17. The molecule has 0 aliphatic heterocycles. The first kappa shape index (κ1) is 14.1. The van der Waals surface area contributed by atoms with E-state index in [2.05, 4.69) is 19.1 Å². The summed E-state index contributed by atoms with van der Waals surface area (Å²) < 4.78 is 1.93. The van der Waals surface area contributed by atoms with Crippen molar-refractivity contribution in [3.8, 4) is 16.9 Å². The molecule has 0 spiro atoms. The Balaban J connectivity index is 2.17. The lowest BCUT2D eigenvalue weighted by Crippen LogP contribution is -2.01. The third-order valence-electron chi connectivity index (χ3n) is 3.79. The second-order valence-corrected chi connectivity index (χ2v) is 5.14. The summed E-state index contributed by atoms with van der Waals surface area (Å²) in [5.41, 5.74) is 4.13. The fraction of sp³-hybridized carbons (Fsp3) is 0.105. The first-order valence-electron chi connectivity index (χ1n) is 7.30. The molecule has 3 nitrogen and oxygen atoms in total. The van der Waals surface area contributed by atoms with Gasteiger partial charge >= 0.3 is 5.97 Å². The van der Waals surface area contributed by atoms with E-state index in [0.29, 0.717) is 11.3 Å². The Morgan fingerprint density at radius 1 is 1.00 bits per heavy atom. The van der Waals surface area contributed by atoms with Gasteiger partial charge in [-0.25, -0.2) is 4.79 Å². The number of aromatic nitrogens is 1. The highest BCUT2D eigenvalue weighted by molar-refractivity contribution is 5.95. The van der Waals surface area contributed by atoms with Crippen molar-refractivity contribution < 1.29 is 9.90 Å². The van der Waals surface area contributed by atoms with Gasteiger partial charge in [-0.05, 0) is 35.7 Å². The second kappa shape index (κ2) is 5.90. The van der Waals surface area contributed by atoms with E-state index in [1.807, 2.05) is 53.2 Å². The molecular formula is C19H17NO2. The van der Waals surface area contributed by atoms with Gasteiger partial charge in [0.15, 0.2) is 0 Å². The Hall–Kier alpha value is -2.81. The van der Waals surface area contributed by atoms with E-state index in [1.54, 1.807) is 6.07 Å². The molecular weight excluding hydrogens is 274 g/mol. The fourth-order valence-corrected chi connectivity index (χ4v) is 2.60. The first-order valence-corrected chi connectivity index (χ1v) is 7.30. The minimum Gasteiger partial charge on any atom is -0.478 e. The van der Waals surface area contributed by atoms with Crippen molar-refractivity contribution in [1.29, 1.82) is 0 Å². The molecule has 1 aromatic heterocycles. The van der Waals surface area contributed by atoms with Gasteiger partial charge in [0, 0.05) is 11.9 Å². The zero-order valence-electron chi connectivity index (χ0n) is 12.4. The molecule has 0 radical (unpaired) electrons. The molecule has 0 aliphatic carbocycles. The van der Waals surface area contributed by atoms with Crippen LogP contribution in [0.2, 0.25) is 0 Å². The summed E-state index contributed by atoms with van der Waals surface area (Å²) in [5, 5.41) is 9.46. The Labute approximate surface area is 129 Å². The third-order valence-corrected chi connectivity index (χ3v) is 3.79. The minimum atomic E-state index is -0.914. The van der Waals surface area contributed by atoms with Gasteiger partial charge < -0.3 is 9.67 Å². The molecule has 110 valence electrons. The molecule has 1 heterocycles. The second-order valence-electron chi connectivity index (χ2n) is 5.14. The Morgan fingerprint density at radius 2 is 1.68 bits per heavy atom. The summed E-state index contributed by atoms with van der Waals surface area (Å²) >= 11 is 0. The highest BCUT2D eigenvalue weighted by atomic mass is 16.4. The average Bonchev–Trinajstić information content (AvgIpc) is 3.01. The number of rotatable bonds is 4. The lowest BCUT2D eigenvalue weighted by Gasteiger charge is -2.11. The predicted octanol–water partition coefficient (Wildman–Crippen LogP) is 4.40. The van der Waals surface area contributed by atoms with Gasteiger partial charge in [-0.15, -0.1) is 0 Å². The van der Waals surface area contributed by atoms with E-state index < -0.39 is 5.97 Å². The van der Waals surface area contributed by atoms with E-state index in [0.717, 1.165) is 17.7 Å². The standard InChI is InChI=1S/C19H17NO2/c1-2-14-8-10-16(11-9-14)20-13-12-17(19(21)22)18(20)15-6-4-3-5-7-15/h3-13H,2H2,1H3,(H,21,22). The maximum absolute atomic E-state index is 11.5. The number of hydrogen-bond acceptors (Lipinski definition) is 1. The Kier molecular flexibility index (Phi) is 3.79. The molecule has 0 saturated carbocycles. The summed E-state index contributed by atoms with van der Waals surface area (Å²) in [4.78, 5) is 11.5. The molecule has 3 rings (SSSR count). The average molecular weight is 291 g/mol. The van der Waals surface area contributed by atoms with Crippen LogP contribution in [0.25, 0.3) is 16.9 Å². The maximum Gasteiger partial charge on any atom is 0.337 e. The molecule has 0 amide bonds. The number of hydrogen-bond donors (Lipinski definition) is 1.